The smallest absolute Gasteiger partial charge is 0.0357 e. The van der Waals surface area contributed by atoms with E-state index in [9.17, 15) is 4.21 Å². The molecule has 2 unspecified atom stereocenters. The van der Waals surface area contributed by atoms with Crippen LogP contribution in [0.15, 0.2) is 11.6 Å². The van der Waals surface area contributed by atoms with E-state index in [1.807, 2.05) is 0 Å². The summed E-state index contributed by atoms with van der Waals surface area (Å²) in [6, 6.07) is 0.522. The predicted molar refractivity (Wildman–Crippen MR) is 65.1 cm³/mol. The van der Waals surface area contributed by atoms with Crippen LogP contribution in [0.25, 0.3) is 0 Å². The molecule has 2 nitrogen and oxygen atoms in total. The van der Waals surface area contributed by atoms with Gasteiger partial charge in [-0.1, -0.05) is 11.6 Å². The molecular formula is C11H23NOS. The van der Waals surface area contributed by atoms with E-state index in [-0.39, 0.29) is 0 Å². The lowest BCUT2D eigenvalue weighted by Gasteiger charge is -2.11. The molecule has 84 valence electrons. The van der Waals surface area contributed by atoms with Crippen molar-refractivity contribution in [2.45, 2.75) is 39.7 Å². The molecule has 2 atom stereocenters. The highest BCUT2D eigenvalue weighted by molar-refractivity contribution is 7.84. The summed E-state index contributed by atoms with van der Waals surface area (Å²) in [4.78, 5) is 0. The summed E-state index contributed by atoms with van der Waals surface area (Å²) in [6.07, 6.45) is 6.29. The first-order chi connectivity index (χ1) is 6.52. The van der Waals surface area contributed by atoms with Crippen LogP contribution in [0.3, 0.4) is 0 Å². The van der Waals surface area contributed by atoms with E-state index in [1.54, 1.807) is 6.26 Å². The summed E-state index contributed by atoms with van der Waals surface area (Å²) in [7, 11) is -0.669. The minimum Gasteiger partial charge on any atom is -0.313 e. The monoisotopic (exact) mass is 217 g/mol. The van der Waals surface area contributed by atoms with E-state index >= 15 is 0 Å². The molecule has 0 aromatic rings. The van der Waals surface area contributed by atoms with Crippen LogP contribution in [0.2, 0.25) is 0 Å². The Morgan fingerprint density at radius 2 is 2.14 bits per heavy atom. The molecule has 0 saturated carbocycles. The molecule has 0 aliphatic heterocycles. The van der Waals surface area contributed by atoms with Gasteiger partial charge in [0.2, 0.25) is 0 Å². The molecule has 0 fully saturated rings. The van der Waals surface area contributed by atoms with Crippen LogP contribution in [0.4, 0.5) is 0 Å². The van der Waals surface area contributed by atoms with Gasteiger partial charge in [0.15, 0.2) is 0 Å². The molecule has 0 amide bonds. The maximum atomic E-state index is 10.8. The van der Waals surface area contributed by atoms with Crippen molar-refractivity contribution in [2.75, 3.05) is 18.6 Å². The van der Waals surface area contributed by atoms with E-state index in [2.05, 4.69) is 32.2 Å². The first-order valence-electron chi connectivity index (χ1n) is 5.19. The van der Waals surface area contributed by atoms with Crippen LogP contribution in [0.1, 0.15) is 33.6 Å². The molecular weight excluding hydrogens is 194 g/mol. The molecule has 0 bridgehead atoms. The Hall–Kier alpha value is -0.150. The van der Waals surface area contributed by atoms with Gasteiger partial charge in [-0.3, -0.25) is 4.21 Å². The molecule has 0 spiro atoms. The number of rotatable bonds is 7. The molecule has 0 saturated heterocycles. The van der Waals surface area contributed by atoms with Crippen molar-refractivity contribution in [3.05, 3.63) is 11.6 Å². The Labute approximate surface area is 90.6 Å². The Morgan fingerprint density at radius 1 is 1.50 bits per heavy atom. The molecule has 1 N–H and O–H groups in total. The Balaban J connectivity index is 3.41. The van der Waals surface area contributed by atoms with Gasteiger partial charge >= 0.3 is 0 Å². The zero-order chi connectivity index (χ0) is 11.0. The highest BCUT2D eigenvalue weighted by Crippen LogP contribution is 2.00. The number of hydrogen-bond acceptors (Lipinski definition) is 2. The van der Waals surface area contributed by atoms with Crippen LogP contribution >= 0.6 is 0 Å². The van der Waals surface area contributed by atoms with Crippen LogP contribution in [0, 0.1) is 0 Å². The fourth-order valence-electron chi connectivity index (χ4n) is 1.17. The maximum absolute atomic E-state index is 10.8. The summed E-state index contributed by atoms with van der Waals surface area (Å²) in [5.74, 6) is 0.757. The van der Waals surface area contributed by atoms with Gasteiger partial charge < -0.3 is 5.32 Å². The van der Waals surface area contributed by atoms with E-state index < -0.39 is 10.8 Å². The molecule has 0 aliphatic carbocycles. The van der Waals surface area contributed by atoms with Gasteiger partial charge in [-0.2, -0.15) is 0 Å². The fourth-order valence-corrected chi connectivity index (χ4v) is 1.58. The van der Waals surface area contributed by atoms with Crippen LogP contribution < -0.4 is 5.32 Å². The summed E-state index contributed by atoms with van der Waals surface area (Å²) in [5, 5.41) is 3.37. The number of allylic oxidation sites excluding steroid dienone is 2. The average Bonchev–Trinajstić information content (AvgIpc) is 2.02. The van der Waals surface area contributed by atoms with Crippen molar-refractivity contribution in [3.8, 4) is 0 Å². The third-order valence-electron chi connectivity index (χ3n) is 2.03. The predicted octanol–water partition coefficient (Wildman–Crippen LogP) is 2.09. The lowest BCUT2D eigenvalue weighted by molar-refractivity contribution is 0.535. The largest absolute Gasteiger partial charge is 0.313 e. The van der Waals surface area contributed by atoms with Gasteiger partial charge in [0.25, 0.3) is 0 Å². The molecule has 0 radical (unpaired) electrons. The van der Waals surface area contributed by atoms with Crippen LogP contribution in [-0.2, 0) is 10.8 Å². The van der Waals surface area contributed by atoms with Gasteiger partial charge in [0, 0.05) is 35.4 Å². The molecule has 0 rings (SSSR count). The molecule has 3 heteroatoms. The molecule has 0 heterocycles. The zero-order valence-electron chi connectivity index (χ0n) is 9.80. The third kappa shape index (κ3) is 9.93. The standard InChI is InChI=1S/C11H23NOS/c1-10(2)6-5-7-11(3)12-8-9-14(4)13/h6,11-12H,5,7-9H2,1-4H3. The summed E-state index contributed by atoms with van der Waals surface area (Å²) >= 11 is 0. The van der Waals surface area contributed by atoms with E-state index in [0.717, 1.165) is 25.1 Å². The molecule has 0 aliphatic rings. The third-order valence-corrected chi connectivity index (χ3v) is 2.81. The van der Waals surface area contributed by atoms with Gasteiger partial charge in [0.05, 0.1) is 0 Å². The summed E-state index contributed by atoms with van der Waals surface area (Å²) < 4.78 is 10.8. The zero-order valence-corrected chi connectivity index (χ0v) is 10.6. The minimum absolute atomic E-state index is 0.522. The second kappa shape index (κ2) is 8.18. The van der Waals surface area contributed by atoms with Crippen molar-refractivity contribution >= 4 is 10.8 Å². The molecule has 0 aromatic heterocycles. The van der Waals surface area contributed by atoms with E-state index in [1.165, 1.54) is 5.57 Å². The van der Waals surface area contributed by atoms with E-state index in [4.69, 9.17) is 0 Å². The highest BCUT2D eigenvalue weighted by atomic mass is 32.2. The molecule has 14 heavy (non-hydrogen) atoms. The molecule has 0 aromatic carbocycles. The van der Waals surface area contributed by atoms with Crippen molar-refractivity contribution in [1.82, 2.24) is 5.32 Å². The van der Waals surface area contributed by atoms with Gasteiger partial charge in [-0.15, -0.1) is 0 Å². The fraction of sp³-hybridized carbons (Fsp3) is 0.818. The SMILES string of the molecule is CC(C)=CCCC(C)NCCS(C)=O. The topological polar surface area (TPSA) is 29.1 Å². The van der Waals surface area contributed by atoms with Gasteiger partial charge in [-0.05, 0) is 33.6 Å². The Kier molecular flexibility index (Phi) is 8.09. The lowest BCUT2D eigenvalue weighted by atomic mass is 10.1. The number of hydrogen-bond donors (Lipinski definition) is 1. The summed E-state index contributed by atoms with van der Waals surface area (Å²) in [5.41, 5.74) is 1.38. The maximum Gasteiger partial charge on any atom is 0.0357 e. The summed E-state index contributed by atoms with van der Waals surface area (Å²) in [6.45, 7) is 7.28. The second-order valence-corrected chi connectivity index (χ2v) is 5.55. The minimum atomic E-state index is -0.669. The van der Waals surface area contributed by atoms with Crippen molar-refractivity contribution in [2.24, 2.45) is 0 Å². The van der Waals surface area contributed by atoms with Crippen LogP contribution in [0.5, 0.6) is 0 Å². The Morgan fingerprint density at radius 3 is 2.64 bits per heavy atom. The second-order valence-electron chi connectivity index (χ2n) is 3.99. The Bertz CT molecular complexity index is 197. The van der Waals surface area contributed by atoms with Crippen molar-refractivity contribution in [3.63, 3.8) is 0 Å². The van der Waals surface area contributed by atoms with Crippen molar-refractivity contribution < 1.29 is 4.21 Å². The van der Waals surface area contributed by atoms with Crippen LogP contribution in [-0.4, -0.2) is 28.8 Å². The van der Waals surface area contributed by atoms with Gasteiger partial charge in [-0.25, -0.2) is 0 Å². The van der Waals surface area contributed by atoms with E-state index in [0.29, 0.717) is 6.04 Å². The average molecular weight is 217 g/mol. The normalized spacial score (nSPS) is 14.9. The highest BCUT2D eigenvalue weighted by Gasteiger charge is 1.99. The first kappa shape index (κ1) is 13.8. The van der Waals surface area contributed by atoms with Crippen molar-refractivity contribution in [1.29, 1.82) is 0 Å². The number of nitrogens with one attached hydrogen (secondary N) is 1. The first-order valence-corrected chi connectivity index (χ1v) is 6.92. The quantitative estimate of drug-likeness (QED) is 0.662. The lowest BCUT2D eigenvalue weighted by Crippen LogP contribution is -2.29. The van der Waals surface area contributed by atoms with Gasteiger partial charge in [0.1, 0.15) is 0 Å².